The molecule has 25 heavy (non-hydrogen) atoms. The third kappa shape index (κ3) is 3.47. The van der Waals surface area contributed by atoms with Crippen LogP contribution in [-0.2, 0) is 9.59 Å². The van der Waals surface area contributed by atoms with E-state index in [2.05, 4.69) is 11.9 Å². The third-order valence-electron chi connectivity index (χ3n) is 3.50. The molecule has 0 aliphatic carbocycles. The smallest absolute Gasteiger partial charge is 0.331 e. The highest BCUT2D eigenvalue weighted by molar-refractivity contribution is 6.31. The van der Waals surface area contributed by atoms with Gasteiger partial charge in [0.2, 0.25) is 5.75 Å². The number of amides is 4. The fourth-order valence-electron chi connectivity index (χ4n) is 2.34. The Labute approximate surface area is 144 Å². The first kappa shape index (κ1) is 18.1. The number of carbonyl (C=O) groups excluding carboxylic acids is 3. The molecule has 0 saturated carbocycles. The predicted octanol–water partition coefficient (Wildman–Crippen LogP) is 1.36. The van der Waals surface area contributed by atoms with Crippen molar-refractivity contribution < 1.29 is 28.6 Å². The predicted molar refractivity (Wildman–Crippen MR) is 89.5 cm³/mol. The second-order valence-electron chi connectivity index (χ2n) is 4.98. The summed E-state index contributed by atoms with van der Waals surface area (Å²) in [5.74, 6) is -0.353. The van der Waals surface area contributed by atoms with Gasteiger partial charge in [0.1, 0.15) is 5.57 Å². The van der Waals surface area contributed by atoms with Crippen LogP contribution in [0, 0.1) is 0 Å². The molecule has 8 nitrogen and oxygen atoms in total. The highest BCUT2D eigenvalue weighted by atomic mass is 16.5. The van der Waals surface area contributed by atoms with Gasteiger partial charge in [0.05, 0.1) is 21.3 Å². The minimum atomic E-state index is -0.781. The quantitative estimate of drug-likeness (QED) is 0.475. The molecule has 1 saturated heterocycles. The minimum absolute atomic E-state index is 0.00938. The number of hydrogen-bond donors (Lipinski definition) is 1. The lowest BCUT2D eigenvalue weighted by molar-refractivity contribution is -0.129. The van der Waals surface area contributed by atoms with Gasteiger partial charge in [0.15, 0.2) is 11.5 Å². The van der Waals surface area contributed by atoms with Gasteiger partial charge in [-0.25, -0.2) is 4.79 Å². The summed E-state index contributed by atoms with van der Waals surface area (Å²) in [6.45, 7) is 3.48. The summed E-state index contributed by atoms with van der Waals surface area (Å²) in [7, 11) is 4.38. The summed E-state index contributed by atoms with van der Waals surface area (Å²) >= 11 is 0. The summed E-state index contributed by atoms with van der Waals surface area (Å²) in [5, 5.41) is 2.12. The van der Waals surface area contributed by atoms with Crippen molar-refractivity contribution >= 4 is 23.9 Å². The van der Waals surface area contributed by atoms with Crippen molar-refractivity contribution in [1.29, 1.82) is 0 Å². The van der Waals surface area contributed by atoms with Crippen molar-refractivity contribution in [3.8, 4) is 17.2 Å². The van der Waals surface area contributed by atoms with Crippen LogP contribution < -0.4 is 19.5 Å². The molecule has 0 unspecified atom stereocenters. The Morgan fingerprint density at radius 1 is 1.08 bits per heavy atom. The molecule has 2 rings (SSSR count). The number of carbonyl (C=O) groups is 3. The Morgan fingerprint density at radius 2 is 1.68 bits per heavy atom. The first-order valence-electron chi connectivity index (χ1n) is 7.26. The van der Waals surface area contributed by atoms with E-state index in [0.29, 0.717) is 22.8 Å². The van der Waals surface area contributed by atoms with E-state index in [1.807, 2.05) is 0 Å². The fourth-order valence-corrected chi connectivity index (χ4v) is 2.34. The number of imide groups is 2. The molecule has 132 valence electrons. The lowest BCUT2D eigenvalue weighted by atomic mass is 10.1. The van der Waals surface area contributed by atoms with Crippen LogP contribution in [0.1, 0.15) is 5.56 Å². The van der Waals surface area contributed by atoms with E-state index >= 15 is 0 Å². The molecule has 0 aromatic heterocycles. The average Bonchev–Trinajstić information content (AvgIpc) is 2.61. The summed E-state index contributed by atoms with van der Waals surface area (Å²) in [5.41, 5.74) is 0.289. The molecule has 8 heteroatoms. The number of rotatable bonds is 6. The number of ether oxygens (including phenoxy) is 3. The second kappa shape index (κ2) is 7.52. The van der Waals surface area contributed by atoms with Crippen LogP contribution in [0.2, 0.25) is 0 Å². The Kier molecular flexibility index (Phi) is 5.43. The highest BCUT2D eigenvalue weighted by Crippen LogP contribution is 2.38. The summed E-state index contributed by atoms with van der Waals surface area (Å²) in [4.78, 5) is 37.1. The molecular formula is C17H18N2O6. The lowest BCUT2D eigenvalue weighted by Gasteiger charge is -2.25. The summed E-state index contributed by atoms with van der Waals surface area (Å²) < 4.78 is 15.7. The van der Waals surface area contributed by atoms with E-state index in [4.69, 9.17) is 14.2 Å². The van der Waals surface area contributed by atoms with Gasteiger partial charge in [0, 0.05) is 6.54 Å². The zero-order valence-corrected chi connectivity index (χ0v) is 14.1. The first-order valence-corrected chi connectivity index (χ1v) is 7.26. The van der Waals surface area contributed by atoms with E-state index in [1.54, 1.807) is 12.1 Å². The molecule has 1 N–H and O–H groups in total. The minimum Gasteiger partial charge on any atom is -0.493 e. The molecule has 0 atom stereocenters. The van der Waals surface area contributed by atoms with E-state index in [0.717, 1.165) is 4.90 Å². The molecule has 0 spiro atoms. The molecule has 1 aromatic carbocycles. The molecule has 0 bridgehead atoms. The maximum absolute atomic E-state index is 12.4. The lowest BCUT2D eigenvalue weighted by Crippen LogP contribution is -2.54. The normalized spacial score (nSPS) is 15.9. The Hall–Kier alpha value is -3.29. The number of hydrogen-bond acceptors (Lipinski definition) is 6. The van der Waals surface area contributed by atoms with Crippen LogP contribution >= 0.6 is 0 Å². The summed E-state index contributed by atoms with van der Waals surface area (Å²) in [6.07, 6.45) is 2.75. The van der Waals surface area contributed by atoms with Crippen LogP contribution in [-0.4, -0.2) is 50.6 Å². The fraction of sp³-hybridized carbons (Fsp3) is 0.235. The Bertz CT molecular complexity index is 743. The van der Waals surface area contributed by atoms with E-state index in [9.17, 15) is 14.4 Å². The van der Waals surface area contributed by atoms with Gasteiger partial charge in [-0.1, -0.05) is 6.08 Å². The molecule has 1 heterocycles. The van der Waals surface area contributed by atoms with E-state index in [1.165, 1.54) is 33.5 Å². The summed E-state index contributed by atoms with van der Waals surface area (Å²) in [6, 6.07) is 2.39. The van der Waals surface area contributed by atoms with Crippen molar-refractivity contribution in [3.05, 3.63) is 35.9 Å². The number of barbiturate groups is 1. The number of urea groups is 1. The van der Waals surface area contributed by atoms with Gasteiger partial charge in [-0.3, -0.25) is 19.8 Å². The van der Waals surface area contributed by atoms with Crippen molar-refractivity contribution in [3.63, 3.8) is 0 Å². The molecule has 1 aromatic rings. The molecule has 1 aliphatic heterocycles. The molecule has 4 amide bonds. The maximum Gasteiger partial charge on any atom is 0.331 e. The van der Waals surface area contributed by atoms with E-state index < -0.39 is 17.8 Å². The zero-order valence-electron chi connectivity index (χ0n) is 14.1. The largest absolute Gasteiger partial charge is 0.493 e. The van der Waals surface area contributed by atoms with E-state index in [-0.39, 0.29) is 12.1 Å². The third-order valence-corrected chi connectivity index (χ3v) is 3.50. The molecule has 1 aliphatic rings. The SMILES string of the molecule is C=CCN1C(=O)NC(=O)/C(=C/c2cc(OC)c(OC)c(OC)c2)C1=O. The van der Waals surface area contributed by atoms with Crippen molar-refractivity contribution in [1.82, 2.24) is 10.2 Å². The van der Waals surface area contributed by atoms with Crippen LogP contribution in [0.4, 0.5) is 4.79 Å². The van der Waals surface area contributed by atoms with Gasteiger partial charge in [-0.15, -0.1) is 6.58 Å². The average molecular weight is 346 g/mol. The number of nitrogens with zero attached hydrogens (tertiary/aromatic N) is 1. The van der Waals surface area contributed by atoms with Crippen molar-refractivity contribution in [2.24, 2.45) is 0 Å². The second-order valence-corrected chi connectivity index (χ2v) is 4.98. The van der Waals surface area contributed by atoms with Crippen LogP contribution in [0.3, 0.4) is 0 Å². The maximum atomic E-state index is 12.4. The van der Waals surface area contributed by atoms with Gasteiger partial charge in [-0.2, -0.15) is 0 Å². The number of nitrogens with one attached hydrogen (secondary N) is 1. The Balaban J connectivity index is 2.51. The van der Waals surface area contributed by atoms with Gasteiger partial charge < -0.3 is 14.2 Å². The molecule has 1 fully saturated rings. The highest BCUT2D eigenvalue weighted by Gasteiger charge is 2.35. The number of benzene rings is 1. The zero-order chi connectivity index (χ0) is 18.6. The first-order chi connectivity index (χ1) is 12.0. The van der Waals surface area contributed by atoms with Crippen LogP contribution in [0.25, 0.3) is 6.08 Å². The topological polar surface area (TPSA) is 94.2 Å². The van der Waals surface area contributed by atoms with Crippen molar-refractivity contribution in [2.45, 2.75) is 0 Å². The van der Waals surface area contributed by atoms with Crippen LogP contribution in [0.15, 0.2) is 30.4 Å². The van der Waals surface area contributed by atoms with Crippen molar-refractivity contribution in [2.75, 3.05) is 27.9 Å². The van der Waals surface area contributed by atoms with Crippen LogP contribution in [0.5, 0.6) is 17.2 Å². The Morgan fingerprint density at radius 3 is 2.16 bits per heavy atom. The molecule has 0 radical (unpaired) electrons. The number of methoxy groups -OCH3 is 3. The van der Waals surface area contributed by atoms with Gasteiger partial charge in [-0.05, 0) is 23.8 Å². The van der Waals surface area contributed by atoms with Gasteiger partial charge >= 0.3 is 6.03 Å². The van der Waals surface area contributed by atoms with Gasteiger partial charge in [0.25, 0.3) is 11.8 Å². The monoisotopic (exact) mass is 346 g/mol. The molecular weight excluding hydrogens is 328 g/mol. The standard InChI is InChI=1S/C17H18N2O6/c1-5-6-19-16(21)11(15(20)18-17(19)22)7-10-8-12(23-2)14(25-4)13(9-10)24-3/h5,7-9H,1,6H2,2-4H3,(H,18,20,22)/b11-7-.